The molecular weight excluding hydrogens is 739 g/mol. The van der Waals surface area contributed by atoms with Crippen LogP contribution in [0.3, 0.4) is 0 Å². The molecule has 0 saturated carbocycles. The first kappa shape index (κ1) is 48.0. The molecule has 1 aliphatic heterocycles. The summed E-state index contributed by atoms with van der Waals surface area (Å²) in [7, 11) is 1.31. The molecular formula is C42H58FN4O10-. The zero-order valence-electron chi connectivity index (χ0n) is 33.7. The Morgan fingerprint density at radius 2 is 1.72 bits per heavy atom. The van der Waals surface area contributed by atoms with Crippen molar-refractivity contribution in [3.63, 3.8) is 0 Å². The Balaban J connectivity index is 2.19. The van der Waals surface area contributed by atoms with Gasteiger partial charge in [0.2, 0.25) is 11.8 Å². The minimum Gasteiger partial charge on any atom is -0.548 e. The molecule has 314 valence electrons. The number of halogens is 1. The molecule has 0 radical (unpaired) electrons. The first-order chi connectivity index (χ1) is 26.9. The number of phenolic OH excluding ortho intramolecular Hbond substituents is 1. The zero-order chi connectivity index (χ0) is 42.7. The predicted octanol–water partition coefficient (Wildman–Crippen LogP) is 2.89. The molecule has 1 aromatic rings. The van der Waals surface area contributed by atoms with E-state index in [0.29, 0.717) is 12.8 Å². The van der Waals surface area contributed by atoms with Crippen molar-refractivity contribution in [3.8, 4) is 5.75 Å². The second kappa shape index (κ2) is 24.5. The maximum atomic E-state index is 14.2. The average molecular weight is 798 g/mol. The summed E-state index contributed by atoms with van der Waals surface area (Å²) in [5.41, 5.74) is 3.85. The normalized spacial score (nSPS) is 17.7. The van der Waals surface area contributed by atoms with Crippen LogP contribution in [0.2, 0.25) is 0 Å². The largest absolute Gasteiger partial charge is 0.548 e. The fraction of sp³-hybridized carbons (Fsp3) is 0.524. The Hall–Kier alpha value is -5.15. The van der Waals surface area contributed by atoms with E-state index in [1.165, 1.54) is 26.2 Å². The number of ketones is 1. The van der Waals surface area contributed by atoms with Gasteiger partial charge in [-0.3, -0.25) is 19.4 Å². The number of aliphatic hydroxyl groups is 1. The van der Waals surface area contributed by atoms with Gasteiger partial charge in [-0.1, -0.05) is 62.8 Å². The summed E-state index contributed by atoms with van der Waals surface area (Å²) < 4.78 is 18.8. The van der Waals surface area contributed by atoms with Crippen LogP contribution in [0.25, 0.3) is 0 Å². The zero-order valence-corrected chi connectivity index (χ0v) is 33.7. The van der Waals surface area contributed by atoms with E-state index in [1.54, 1.807) is 26.8 Å². The van der Waals surface area contributed by atoms with Crippen molar-refractivity contribution < 1.29 is 53.2 Å². The third kappa shape index (κ3) is 17.3. The number of hydrogen-bond acceptors (Lipinski definition) is 11. The van der Waals surface area contributed by atoms with Crippen molar-refractivity contribution in [2.45, 2.75) is 110 Å². The van der Waals surface area contributed by atoms with Gasteiger partial charge in [0.15, 0.2) is 0 Å². The number of allylic oxidation sites excluding steroid dienone is 7. The quantitative estimate of drug-likeness (QED) is 0.0654. The molecule has 6 atom stereocenters. The standard InChI is InChI=1S/C42H59FN4O10/c1-26(2)37(40(53)44-35(24-30-22-31(43)25-32(49)23-30)41(54)47-21-13-17-34(46-47)42(55)56)45-39(52)33(20-19-29(5)48)38(51)28(4)16-11-9-7-8-10-14-27(3)15-12-18-36(50)57-6/h7-9,11-12,15,18,22-23,25-26,28,33-35,37-38,46,49,51H,10,13-14,16-17,19-21,24H2,1-6H3,(H,44,53)(H,45,52)(H,55,56)/p-1/b8-7+,11-9+,18-12+,27-15+/t28-,33+,34?,35-,37-,38+/m0/s1. The van der Waals surface area contributed by atoms with Gasteiger partial charge in [0.25, 0.3) is 5.91 Å². The molecule has 14 nitrogen and oxygen atoms in total. The summed E-state index contributed by atoms with van der Waals surface area (Å²) >= 11 is 0. The number of carboxylic acid groups (broad SMARTS) is 1. The number of aliphatic hydroxyl groups excluding tert-OH is 1. The molecule has 0 aliphatic carbocycles. The van der Waals surface area contributed by atoms with Crippen LogP contribution in [-0.2, 0) is 39.9 Å². The molecule has 1 aliphatic rings. The number of Topliss-reactive ketones (excluding diaryl/α,β-unsaturated/α-hetero) is 1. The van der Waals surface area contributed by atoms with Crippen LogP contribution in [0.4, 0.5) is 4.39 Å². The summed E-state index contributed by atoms with van der Waals surface area (Å²) in [6.07, 6.45) is 13.4. The van der Waals surface area contributed by atoms with E-state index in [1.807, 2.05) is 37.3 Å². The topological polar surface area (TPSA) is 214 Å². The van der Waals surface area contributed by atoms with E-state index in [2.05, 4.69) is 20.8 Å². The van der Waals surface area contributed by atoms with Gasteiger partial charge in [-0.2, -0.15) is 0 Å². The molecule has 1 saturated heterocycles. The minimum absolute atomic E-state index is 0.0120. The fourth-order valence-corrected chi connectivity index (χ4v) is 6.20. The first-order valence-corrected chi connectivity index (χ1v) is 19.2. The van der Waals surface area contributed by atoms with Gasteiger partial charge in [-0.05, 0) is 81.9 Å². The molecule has 5 N–H and O–H groups in total. The molecule has 1 fully saturated rings. The van der Waals surface area contributed by atoms with Gasteiger partial charge in [0.05, 0.1) is 31.1 Å². The number of aromatic hydroxyl groups is 1. The number of amides is 3. The maximum Gasteiger partial charge on any atom is 0.330 e. The monoisotopic (exact) mass is 797 g/mol. The molecule has 57 heavy (non-hydrogen) atoms. The molecule has 3 amide bonds. The summed E-state index contributed by atoms with van der Waals surface area (Å²) in [6.45, 7) is 8.56. The van der Waals surface area contributed by atoms with E-state index >= 15 is 0 Å². The van der Waals surface area contributed by atoms with Gasteiger partial charge in [-0.15, -0.1) is 0 Å². The van der Waals surface area contributed by atoms with Gasteiger partial charge in [0.1, 0.15) is 29.4 Å². The fourth-order valence-electron chi connectivity index (χ4n) is 6.20. The maximum absolute atomic E-state index is 14.2. The highest BCUT2D eigenvalue weighted by molar-refractivity contribution is 5.93. The number of benzene rings is 1. The van der Waals surface area contributed by atoms with Crippen molar-refractivity contribution in [1.82, 2.24) is 21.1 Å². The van der Waals surface area contributed by atoms with E-state index in [9.17, 15) is 48.5 Å². The van der Waals surface area contributed by atoms with Crippen molar-refractivity contribution >= 4 is 35.4 Å². The number of esters is 1. The number of nitrogens with zero attached hydrogens (tertiary/aromatic N) is 1. The van der Waals surface area contributed by atoms with Crippen LogP contribution in [0.5, 0.6) is 5.75 Å². The van der Waals surface area contributed by atoms with Gasteiger partial charge in [0, 0.05) is 31.5 Å². The number of methoxy groups -OCH3 is 1. The van der Waals surface area contributed by atoms with E-state index in [0.717, 1.165) is 35.6 Å². The lowest BCUT2D eigenvalue weighted by Crippen LogP contribution is -2.63. The van der Waals surface area contributed by atoms with Crippen molar-refractivity contribution in [2.24, 2.45) is 17.8 Å². The second-order valence-electron chi connectivity index (χ2n) is 14.8. The van der Waals surface area contributed by atoms with Gasteiger partial charge < -0.3 is 40.3 Å². The highest BCUT2D eigenvalue weighted by Gasteiger charge is 2.36. The lowest BCUT2D eigenvalue weighted by molar-refractivity contribution is -0.310. The number of hydrazine groups is 1. The summed E-state index contributed by atoms with van der Waals surface area (Å²) in [4.78, 5) is 76.2. The first-order valence-electron chi connectivity index (χ1n) is 19.2. The molecule has 0 bridgehead atoms. The Labute approximate surface area is 334 Å². The third-order valence-corrected chi connectivity index (χ3v) is 9.53. The smallest absolute Gasteiger partial charge is 0.330 e. The summed E-state index contributed by atoms with van der Waals surface area (Å²) in [5, 5.41) is 39.3. The van der Waals surface area contributed by atoms with E-state index in [-0.39, 0.29) is 43.6 Å². The Morgan fingerprint density at radius 3 is 2.35 bits per heavy atom. The number of carbonyl (C=O) groups excluding carboxylic acids is 6. The predicted molar refractivity (Wildman–Crippen MR) is 209 cm³/mol. The molecule has 1 aromatic carbocycles. The van der Waals surface area contributed by atoms with Crippen LogP contribution in [0.1, 0.15) is 85.1 Å². The number of carbonyl (C=O) groups is 6. The van der Waals surface area contributed by atoms with Crippen LogP contribution in [0, 0.1) is 23.6 Å². The number of hydrogen-bond donors (Lipinski definition) is 5. The summed E-state index contributed by atoms with van der Waals surface area (Å²) in [5.74, 6) is -7.35. The highest BCUT2D eigenvalue weighted by Crippen LogP contribution is 2.23. The van der Waals surface area contributed by atoms with Crippen LogP contribution < -0.4 is 21.2 Å². The molecule has 1 heterocycles. The van der Waals surface area contributed by atoms with Gasteiger partial charge >= 0.3 is 5.97 Å². The van der Waals surface area contributed by atoms with Crippen LogP contribution in [0.15, 0.2) is 66.3 Å². The van der Waals surface area contributed by atoms with Crippen LogP contribution >= 0.6 is 0 Å². The van der Waals surface area contributed by atoms with Gasteiger partial charge in [-0.25, -0.2) is 14.6 Å². The van der Waals surface area contributed by atoms with Crippen molar-refractivity contribution in [3.05, 3.63) is 77.7 Å². The average Bonchev–Trinajstić information content (AvgIpc) is 3.15. The number of nitrogens with one attached hydrogen (secondary N) is 3. The Kier molecular flexibility index (Phi) is 20.6. The molecule has 0 spiro atoms. The SMILES string of the molecule is COC(=O)/C=C/C=C(\C)CC/C=C/C=C/C[C@H](C)[C@@H](O)[C@@H](CCC(C)=O)C(=O)N[C@H](C(=O)N[C@@H](Cc1cc(O)cc(F)c1)C(=O)N1CCCC(C(=O)[O-])N1)C(C)C. The van der Waals surface area contributed by atoms with Crippen molar-refractivity contribution in [2.75, 3.05) is 13.7 Å². The number of ether oxygens (including phenoxy) is 1. The number of phenols is 1. The number of rotatable bonds is 22. The lowest BCUT2D eigenvalue weighted by Gasteiger charge is -2.37. The second-order valence-corrected chi connectivity index (χ2v) is 14.8. The van der Waals surface area contributed by atoms with Crippen molar-refractivity contribution in [1.29, 1.82) is 0 Å². The van der Waals surface area contributed by atoms with E-state index < -0.39 is 83.2 Å². The molecule has 2 rings (SSSR count). The van der Waals surface area contributed by atoms with E-state index in [4.69, 9.17) is 0 Å². The lowest BCUT2D eigenvalue weighted by atomic mass is 9.85. The molecule has 0 aromatic heterocycles. The number of carboxylic acids is 1. The Bertz CT molecular complexity index is 1650. The third-order valence-electron chi connectivity index (χ3n) is 9.53. The number of aliphatic carboxylic acids is 1. The molecule has 1 unspecified atom stereocenters. The van der Waals surface area contributed by atoms with Crippen LogP contribution in [-0.4, -0.2) is 88.5 Å². The summed E-state index contributed by atoms with van der Waals surface area (Å²) in [6, 6.07) is -0.542. The minimum atomic E-state index is -1.41. The molecule has 15 heteroatoms. The highest BCUT2D eigenvalue weighted by atomic mass is 19.1. The Morgan fingerprint density at radius 1 is 1.02 bits per heavy atom.